The minimum absolute atomic E-state index is 0.304. The molecule has 0 aromatic carbocycles. The van der Waals surface area contributed by atoms with Crippen molar-refractivity contribution in [2.75, 3.05) is 19.6 Å². The number of nitrogens with one attached hydrogen (secondary N) is 2. The van der Waals surface area contributed by atoms with Gasteiger partial charge < -0.3 is 10.0 Å². The summed E-state index contributed by atoms with van der Waals surface area (Å²) in [5, 5.41) is 8.43. The molecule has 2 bridgehead atoms. The van der Waals surface area contributed by atoms with Crippen molar-refractivity contribution in [3.8, 4) is 0 Å². The molecule has 3 heterocycles. The highest BCUT2D eigenvalue weighted by Crippen LogP contribution is 2.26. The lowest BCUT2D eigenvalue weighted by Gasteiger charge is -2.44. The molecule has 3 rings (SSSR count). The van der Waals surface area contributed by atoms with Gasteiger partial charge in [0.15, 0.2) is 0 Å². The predicted molar refractivity (Wildman–Crippen MR) is 47.2 cm³/mol. The first-order chi connectivity index (χ1) is 6.25. The highest BCUT2D eigenvalue weighted by atomic mass is 16.4. The molecule has 1 atom stereocenters. The van der Waals surface area contributed by atoms with Gasteiger partial charge in [-0.2, -0.15) is 0 Å². The molecular formula is C8H15N3O2. The second-order valence-electron chi connectivity index (χ2n) is 3.82. The van der Waals surface area contributed by atoms with Gasteiger partial charge in [0.2, 0.25) is 0 Å². The van der Waals surface area contributed by atoms with Crippen molar-refractivity contribution in [2.24, 2.45) is 5.92 Å². The van der Waals surface area contributed by atoms with E-state index in [4.69, 9.17) is 5.11 Å². The van der Waals surface area contributed by atoms with Gasteiger partial charge in [0, 0.05) is 12.6 Å². The van der Waals surface area contributed by atoms with Crippen LogP contribution in [0.5, 0.6) is 0 Å². The maximum absolute atomic E-state index is 10.3. The van der Waals surface area contributed by atoms with Crippen LogP contribution in [0.3, 0.4) is 0 Å². The SMILES string of the molecule is O=C(O)NNC1CN2CCC1CC2. The van der Waals surface area contributed by atoms with Crippen LogP contribution in [0.25, 0.3) is 0 Å². The van der Waals surface area contributed by atoms with Crippen LogP contribution < -0.4 is 10.9 Å². The normalized spacial score (nSPS) is 37.4. The quantitative estimate of drug-likeness (QED) is 0.524. The molecule has 3 aliphatic heterocycles. The summed E-state index contributed by atoms with van der Waals surface area (Å²) in [5.41, 5.74) is 5.10. The summed E-state index contributed by atoms with van der Waals surface area (Å²) in [5.74, 6) is 0.650. The largest absolute Gasteiger partial charge is 0.464 e. The second-order valence-corrected chi connectivity index (χ2v) is 3.82. The average molecular weight is 185 g/mol. The molecule has 74 valence electrons. The maximum Gasteiger partial charge on any atom is 0.419 e. The van der Waals surface area contributed by atoms with E-state index in [-0.39, 0.29) is 0 Å². The van der Waals surface area contributed by atoms with Gasteiger partial charge in [0.05, 0.1) is 0 Å². The molecule has 0 aromatic heterocycles. The maximum atomic E-state index is 10.3. The first-order valence-electron chi connectivity index (χ1n) is 4.72. The molecule has 0 radical (unpaired) electrons. The number of amides is 1. The Bertz CT molecular complexity index is 202. The van der Waals surface area contributed by atoms with Crippen molar-refractivity contribution in [1.29, 1.82) is 0 Å². The van der Waals surface area contributed by atoms with Crippen LogP contribution in [0.1, 0.15) is 12.8 Å². The van der Waals surface area contributed by atoms with Gasteiger partial charge in [0.1, 0.15) is 0 Å². The first kappa shape index (κ1) is 8.77. The van der Waals surface area contributed by atoms with E-state index in [0.717, 1.165) is 6.54 Å². The van der Waals surface area contributed by atoms with E-state index >= 15 is 0 Å². The molecule has 0 aromatic rings. The molecule has 3 N–H and O–H groups in total. The highest BCUT2D eigenvalue weighted by Gasteiger charge is 2.33. The second kappa shape index (κ2) is 3.51. The van der Waals surface area contributed by atoms with Crippen LogP contribution in [0.15, 0.2) is 0 Å². The zero-order valence-corrected chi connectivity index (χ0v) is 7.49. The molecule has 13 heavy (non-hydrogen) atoms. The van der Waals surface area contributed by atoms with Crippen molar-refractivity contribution in [2.45, 2.75) is 18.9 Å². The van der Waals surface area contributed by atoms with Crippen LogP contribution in [-0.2, 0) is 0 Å². The molecule has 3 fully saturated rings. The average Bonchev–Trinajstić information content (AvgIpc) is 2.17. The Morgan fingerprint density at radius 2 is 2.08 bits per heavy atom. The Labute approximate surface area is 77.1 Å². The minimum atomic E-state index is -1.00. The Hall–Kier alpha value is -0.810. The third kappa shape index (κ3) is 1.92. The summed E-state index contributed by atoms with van der Waals surface area (Å²) in [6.07, 6.45) is 1.38. The monoisotopic (exact) mass is 185 g/mol. The number of nitrogens with zero attached hydrogens (tertiary/aromatic N) is 1. The number of hydrazine groups is 1. The van der Waals surface area contributed by atoms with Gasteiger partial charge in [0.25, 0.3) is 0 Å². The minimum Gasteiger partial charge on any atom is -0.464 e. The molecule has 5 heteroatoms. The molecule has 0 saturated carbocycles. The third-order valence-electron chi connectivity index (χ3n) is 3.02. The predicted octanol–water partition coefficient (Wildman–Crippen LogP) is -0.147. The fraction of sp³-hybridized carbons (Fsp3) is 0.875. The standard InChI is InChI=1S/C8H15N3O2/c12-8(13)10-9-7-5-11-3-1-6(7)2-4-11/h6-7,9-10H,1-5H2,(H,12,13). The van der Waals surface area contributed by atoms with Crippen LogP contribution in [0, 0.1) is 5.92 Å². The fourth-order valence-corrected chi connectivity index (χ4v) is 2.28. The lowest BCUT2D eigenvalue weighted by atomic mass is 9.84. The summed E-state index contributed by atoms with van der Waals surface area (Å²) in [4.78, 5) is 12.6. The number of fused-ring (bicyclic) bond motifs is 3. The number of carboxylic acid groups (broad SMARTS) is 1. The van der Waals surface area contributed by atoms with Crippen LogP contribution in [-0.4, -0.2) is 41.8 Å². The van der Waals surface area contributed by atoms with Gasteiger partial charge in [-0.25, -0.2) is 10.2 Å². The third-order valence-corrected chi connectivity index (χ3v) is 3.02. The van der Waals surface area contributed by atoms with Crippen molar-refractivity contribution in [1.82, 2.24) is 15.8 Å². The zero-order chi connectivity index (χ0) is 9.26. The summed E-state index contributed by atoms with van der Waals surface area (Å²) in [6.45, 7) is 3.33. The highest BCUT2D eigenvalue weighted by molar-refractivity contribution is 5.63. The summed E-state index contributed by atoms with van der Waals surface area (Å²) < 4.78 is 0. The summed E-state index contributed by atoms with van der Waals surface area (Å²) >= 11 is 0. The molecule has 3 aliphatic rings. The van der Waals surface area contributed by atoms with E-state index < -0.39 is 6.09 Å². The topological polar surface area (TPSA) is 64.6 Å². The van der Waals surface area contributed by atoms with Crippen LogP contribution in [0.2, 0.25) is 0 Å². The van der Waals surface area contributed by atoms with Gasteiger partial charge >= 0.3 is 6.09 Å². The molecule has 1 amide bonds. The lowest BCUT2D eigenvalue weighted by molar-refractivity contribution is 0.0654. The molecule has 1 unspecified atom stereocenters. The smallest absolute Gasteiger partial charge is 0.419 e. The van der Waals surface area contributed by atoms with Crippen molar-refractivity contribution in [3.05, 3.63) is 0 Å². The Morgan fingerprint density at radius 3 is 2.54 bits per heavy atom. The number of carbonyl (C=O) groups is 1. The number of piperidine rings is 3. The van der Waals surface area contributed by atoms with Gasteiger partial charge in [-0.3, -0.25) is 5.43 Å². The van der Waals surface area contributed by atoms with Crippen molar-refractivity contribution >= 4 is 6.09 Å². The van der Waals surface area contributed by atoms with Crippen molar-refractivity contribution in [3.63, 3.8) is 0 Å². The Balaban J connectivity index is 1.83. The Morgan fingerprint density at radius 1 is 1.38 bits per heavy atom. The van der Waals surface area contributed by atoms with Gasteiger partial charge in [-0.15, -0.1) is 0 Å². The molecule has 3 saturated heterocycles. The van der Waals surface area contributed by atoms with Crippen LogP contribution >= 0.6 is 0 Å². The molecule has 0 aliphatic carbocycles. The first-order valence-corrected chi connectivity index (χ1v) is 4.72. The summed E-state index contributed by atoms with van der Waals surface area (Å²) in [7, 11) is 0. The van der Waals surface area contributed by atoms with E-state index in [0.29, 0.717) is 12.0 Å². The van der Waals surface area contributed by atoms with Gasteiger partial charge in [-0.05, 0) is 31.8 Å². The molecule has 0 spiro atoms. The van der Waals surface area contributed by atoms with Gasteiger partial charge in [-0.1, -0.05) is 0 Å². The number of rotatable bonds is 2. The zero-order valence-electron chi connectivity index (χ0n) is 7.49. The Kier molecular flexibility index (Phi) is 2.37. The molecule has 5 nitrogen and oxygen atoms in total. The van der Waals surface area contributed by atoms with E-state index in [9.17, 15) is 4.79 Å². The fourth-order valence-electron chi connectivity index (χ4n) is 2.28. The number of hydrogen-bond acceptors (Lipinski definition) is 3. The molecular weight excluding hydrogens is 170 g/mol. The van der Waals surface area contributed by atoms with Crippen LogP contribution in [0.4, 0.5) is 4.79 Å². The van der Waals surface area contributed by atoms with E-state index in [1.807, 2.05) is 0 Å². The van der Waals surface area contributed by atoms with E-state index in [2.05, 4.69) is 15.8 Å². The van der Waals surface area contributed by atoms with E-state index in [1.165, 1.54) is 25.9 Å². The summed E-state index contributed by atoms with van der Waals surface area (Å²) in [6, 6.07) is 0.304. The van der Waals surface area contributed by atoms with Crippen molar-refractivity contribution < 1.29 is 9.90 Å². The van der Waals surface area contributed by atoms with E-state index in [1.54, 1.807) is 0 Å². The lowest BCUT2D eigenvalue weighted by Crippen LogP contribution is -2.59. The number of hydrogen-bond donors (Lipinski definition) is 3.